The summed E-state index contributed by atoms with van der Waals surface area (Å²) in [6.07, 6.45) is 0. The number of rotatable bonds is 1. The molecule has 0 aliphatic carbocycles. The van der Waals surface area contributed by atoms with E-state index in [4.69, 9.17) is 14.4 Å². The Bertz CT molecular complexity index is 80.1. The molecule has 4 nitrogen and oxygen atoms in total. The molecule has 0 radical (unpaired) electrons. The molecule has 48 valence electrons. The molecule has 8 heteroatoms. The van der Waals surface area contributed by atoms with Gasteiger partial charge in [0.2, 0.25) is 0 Å². The van der Waals surface area contributed by atoms with Crippen molar-refractivity contribution < 1.29 is 40.7 Å². The van der Waals surface area contributed by atoms with Crippen molar-refractivity contribution in [2.24, 2.45) is 0 Å². The van der Waals surface area contributed by atoms with Gasteiger partial charge in [0.25, 0.3) is 0 Å². The summed E-state index contributed by atoms with van der Waals surface area (Å²) in [5.74, 6) is 0. The minimum absolute atomic E-state index is 0. The fourth-order valence-corrected chi connectivity index (χ4v) is 0. The van der Waals surface area contributed by atoms with Gasteiger partial charge in [-0.25, -0.2) is 4.57 Å². The van der Waals surface area contributed by atoms with Crippen LogP contribution in [0.15, 0.2) is 0 Å². The maximum absolute atomic E-state index is 10.2. The van der Waals surface area contributed by atoms with E-state index >= 15 is 0 Å². The quantitative estimate of drug-likeness (QED) is 0.431. The first-order valence-electron chi connectivity index (χ1n) is 0.919. The molecule has 0 bridgehead atoms. The molecule has 8 heavy (non-hydrogen) atoms. The van der Waals surface area contributed by atoms with E-state index < -0.39 is 7.82 Å². The number of halogens is 1. The molecule has 0 heterocycles. The molecule has 0 aromatic carbocycles. The monoisotopic (exact) mass is 196 g/mol. The van der Waals surface area contributed by atoms with Crippen molar-refractivity contribution in [2.45, 2.75) is 0 Å². The van der Waals surface area contributed by atoms with Crippen LogP contribution in [-0.4, -0.2) is 39.3 Å². The van der Waals surface area contributed by atoms with Gasteiger partial charge in [0.05, 0.1) is 0 Å². The van der Waals surface area contributed by atoms with Gasteiger partial charge in [-0.15, -0.1) is 0 Å². The Labute approximate surface area is 77.7 Å². The molecule has 0 saturated heterocycles. The van der Waals surface area contributed by atoms with Crippen LogP contribution in [0.1, 0.15) is 0 Å². The zero-order chi connectivity index (χ0) is 5.21. The van der Waals surface area contributed by atoms with Gasteiger partial charge in [0.15, 0.2) is 0 Å². The standard InChI is InChI=1S/FH2O4P.Fe.Na.H/c1-5-6(2,3)4;;;/h(H2,2,3,4);;;. The van der Waals surface area contributed by atoms with E-state index in [2.05, 4.69) is 4.73 Å². The molecule has 0 amide bonds. The van der Waals surface area contributed by atoms with E-state index in [0.717, 1.165) is 0 Å². The summed E-state index contributed by atoms with van der Waals surface area (Å²) in [5, 5.41) is 0. The van der Waals surface area contributed by atoms with Crippen LogP contribution < -0.4 is 0 Å². The normalized spacial score (nSPS) is 8.88. The first-order chi connectivity index (χ1) is 2.56. The third kappa shape index (κ3) is 15.6. The van der Waals surface area contributed by atoms with Crippen molar-refractivity contribution in [1.82, 2.24) is 0 Å². The molecule has 0 atom stereocenters. The van der Waals surface area contributed by atoms with Crippen LogP contribution in [0, 0.1) is 0 Å². The van der Waals surface area contributed by atoms with E-state index in [-0.39, 0.29) is 46.6 Å². The van der Waals surface area contributed by atoms with Gasteiger partial charge >= 0.3 is 37.4 Å². The fraction of sp³-hybridized carbons (Fsp3) is 0. The molecule has 0 fully saturated rings. The Morgan fingerprint density at radius 3 is 1.62 bits per heavy atom. The summed E-state index contributed by atoms with van der Waals surface area (Å²) in [6.45, 7) is 0. The number of phosphoric acid groups is 1. The van der Waals surface area contributed by atoms with E-state index in [1.54, 1.807) is 0 Å². The molecule has 0 unspecified atom stereocenters. The summed E-state index contributed by atoms with van der Waals surface area (Å²) >= 11 is 0. The molecular formula is H3FFeNaO4P. The van der Waals surface area contributed by atoms with Gasteiger partial charge in [-0.1, -0.05) is 4.73 Å². The summed E-state index contributed by atoms with van der Waals surface area (Å²) in [7, 11) is -4.81. The number of hydrogen-bond acceptors (Lipinski definition) is 2. The zero-order valence-corrected chi connectivity index (χ0v) is 4.89. The average molecular weight is 196 g/mol. The average Bonchev–Trinajstić information content (AvgIpc) is 1.35. The van der Waals surface area contributed by atoms with Crippen LogP contribution in [0.5, 0.6) is 0 Å². The van der Waals surface area contributed by atoms with Crippen molar-refractivity contribution in [3.63, 3.8) is 0 Å². The molecule has 0 aliphatic rings. The van der Waals surface area contributed by atoms with Gasteiger partial charge in [-0.05, 0) is 4.53 Å². The van der Waals surface area contributed by atoms with Crippen LogP contribution >= 0.6 is 7.82 Å². The Kier molecular flexibility index (Phi) is 13.6. The summed E-state index contributed by atoms with van der Waals surface area (Å²) in [5.41, 5.74) is 0. The van der Waals surface area contributed by atoms with Crippen molar-refractivity contribution in [1.29, 1.82) is 0 Å². The van der Waals surface area contributed by atoms with Gasteiger partial charge in [0.1, 0.15) is 0 Å². The van der Waals surface area contributed by atoms with Crippen molar-refractivity contribution in [3.8, 4) is 0 Å². The summed E-state index contributed by atoms with van der Waals surface area (Å²) in [6, 6.07) is 0. The Morgan fingerprint density at radius 1 is 1.50 bits per heavy atom. The van der Waals surface area contributed by atoms with Crippen LogP contribution in [0.25, 0.3) is 0 Å². The van der Waals surface area contributed by atoms with E-state index in [9.17, 15) is 4.53 Å². The fourth-order valence-electron chi connectivity index (χ4n) is 0. The molecule has 0 aliphatic heterocycles. The van der Waals surface area contributed by atoms with Crippen molar-refractivity contribution >= 4 is 37.4 Å². The summed E-state index contributed by atoms with van der Waals surface area (Å²) < 4.78 is 21.4. The maximum atomic E-state index is 10.2. The molecule has 0 aromatic heterocycles. The Hall–Kier alpha value is 1.56. The first-order valence-corrected chi connectivity index (χ1v) is 2.45. The third-order valence-corrected chi connectivity index (χ3v) is 0.270. The van der Waals surface area contributed by atoms with Gasteiger partial charge in [0, 0.05) is 17.1 Å². The van der Waals surface area contributed by atoms with E-state index in [1.165, 1.54) is 0 Å². The molecular weight excluding hydrogens is 193 g/mol. The molecule has 2 N–H and O–H groups in total. The van der Waals surface area contributed by atoms with Gasteiger partial charge < -0.3 is 9.79 Å². The second-order valence-corrected chi connectivity index (χ2v) is 1.68. The van der Waals surface area contributed by atoms with E-state index in [1.807, 2.05) is 0 Å². The number of hydrogen-bond donors (Lipinski definition) is 2. The molecule has 0 rings (SSSR count). The third-order valence-electron chi connectivity index (χ3n) is 0.0899. The van der Waals surface area contributed by atoms with Crippen molar-refractivity contribution in [2.75, 3.05) is 0 Å². The van der Waals surface area contributed by atoms with Crippen LogP contribution in [0.3, 0.4) is 0 Å². The molecule has 0 aromatic rings. The Balaban J connectivity index is -0.000000125. The molecule has 0 spiro atoms. The predicted molar refractivity (Wildman–Crippen MR) is 21.4 cm³/mol. The predicted octanol–water partition coefficient (Wildman–Crippen LogP) is -0.671. The van der Waals surface area contributed by atoms with Crippen LogP contribution in [-0.2, 0) is 26.4 Å². The summed E-state index contributed by atoms with van der Waals surface area (Å²) in [4.78, 5) is 14.7. The van der Waals surface area contributed by atoms with E-state index in [0.29, 0.717) is 0 Å². The van der Waals surface area contributed by atoms with Crippen LogP contribution in [0.2, 0.25) is 0 Å². The second kappa shape index (κ2) is 6.68. The molecule has 0 saturated carbocycles. The van der Waals surface area contributed by atoms with Crippen LogP contribution in [0.4, 0.5) is 4.53 Å². The SMILES string of the molecule is O=P(O)(O)OF.[Fe].[NaH]. The minimum atomic E-state index is -4.81. The topological polar surface area (TPSA) is 66.8 Å². The zero-order valence-electron chi connectivity index (χ0n) is 2.89. The van der Waals surface area contributed by atoms with Gasteiger partial charge in [-0.2, -0.15) is 0 Å². The van der Waals surface area contributed by atoms with Gasteiger partial charge in [-0.3, -0.25) is 0 Å². The second-order valence-electron chi connectivity index (χ2n) is 0.560. The Morgan fingerprint density at radius 2 is 1.62 bits per heavy atom. The van der Waals surface area contributed by atoms with Crippen molar-refractivity contribution in [3.05, 3.63) is 0 Å². The first kappa shape index (κ1) is 16.3.